The normalized spacial score (nSPS) is 35.8. The van der Waals surface area contributed by atoms with Gasteiger partial charge in [-0.25, -0.2) is 13.2 Å². The second-order valence-electron chi connectivity index (χ2n) is 4.74. The van der Waals surface area contributed by atoms with E-state index in [-0.39, 0.29) is 0 Å². The van der Waals surface area contributed by atoms with Crippen LogP contribution >= 0.6 is 0 Å². The van der Waals surface area contributed by atoms with Gasteiger partial charge in [0.25, 0.3) is 10.6 Å². The highest BCUT2D eigenvalue weighted by Gasteiger charge is 2.72. The molecule has 0 aromatic carbocycles. The Morgan fingerprint density at radius 1 is 1.50 bits per heavy atom. The minimum absolute atomic E-state index is 0.434. The van der Waals surface area contributed by atoms with Gasteiger partial charge >= 0.3 is 5.69 Å². The van der Waals surface area contributed by atoms with E-state index in [9.17, 15) is 23.1 Å². The number of epoxide rings is 1. The fourth-order valence-corrected chi connectivity index (χ4v) is 3.94. The topological polar surface area (TPSA) is 131 Å². The summed E-state index contributed by atoms with van der Waals surface area (Å²) in [5.74, 6) is 0. The number of ether oxygens (including phenoxy) is 2. The van der Waals surface area contributed by atoms with Crippen LogP contribution in [0.5, 0.6) is 0 Å². The van der Waals surface area contributed by atoms with Crippen LogP contribution < -0.4 is 11.2 Å². The molecule has 1 aromatic heterocycles. The van der Waals surface area contributed by atoms with Crippen molar-refractivity contribution in [3.63, 3.8) is 0 Å². The van der Waals surface area contributed by atoms with Gasteiger partial charge in [0.15, 0.2) is 15.9 Å². The van der Waals surface area contributed by atoms with Crippen LogP contribution in [-0.4, -0.2) is 54.2 Å². The molecule has 3 rings (SSSR count). The Labute approximate surface area is 112 Å². The molecule has 2 aliphatic rings. The average Bonchev–Trinajstić information content (AvgIpc) is 3.06. The summed E-state index contributed by atoms with van der Waals surface area (Å²) in [6, 6.07) is 1.02. The van der Waals surface area contributed by atoms with Gasteiger partial charge in [-0.05, 0) is 0 Å². The van der Waals surface area contributed by atoms with Crippen LogP contribution in [0.4, 0.5) is 0 Å². The SMILES string of the molecule is CS(=O)(=O)[C@@]1(n2ccc(=O)[nH]c2=O)O[C@H](CO)[C@H]2O[C@H]21. The number of hydrogen-bond donors (Lipinski definition) is 2. The number of aromatic nitrogens is 2. The first kappa shape index (κ1) is 13.5. The molecule has 110 valence electrons. The highest BCUT2D eigenvalue weighted by atomic mass is 32.2. The van der Waals surface area contributed by atoms with Crippen LogP contribution in [0.15, 0.2) is 21.9 Å². The fourth-order valence-electron chi connectivity index (χ4n) is 2.53. The van der Waals surface area contributed by atoms with Gasteiger partial charge in [-0.2, -0.15) is 0 Å². The third-order valence-electron chi connectivity index (χ3n) is 3.44. The van der Waals surface area contributed by atoms with Crippen molar-refractivity contribution < 1.29 is 23.0 Å². The molecule has 0 radical (unpaired) electrons. The van der Waals surface area contributed by atoms with Crippen LogP contribution in [0, 0.1) is 0 Å². The molecular weight excluding hydrogens is 292 g/mol. The lowest BCUT2D eigenvalue weighted by atomic mass is 10.2. The largest absolute Gasteiger partial charge is 0.394 e. The van der Waals surface area contributed by atoms with Crippen molar-refractivity contribution in [3.05, 3.63) is 33.1 Å². The number of sulfone groups is 1. The third-order valence-corrected chi connectivity index (χ3v) is 5.03. The zero-order valence-corrected chi connectivity index (χ0v) is 11.2. The summed E-state index contributed by atoms with van der Waals surface area (Å²) in [6.07, 6.45) is -0.371. The molecule has 10 heteroatoms. The molecule has 2 fully saturated rings. The fraction of sp³-hybridized carbons (Fsp3) is 0.600. The van der Waals surface area contributed by atoms with E-state index in [4.69, 9.17) is 9.47 Å². The van der Waals surface area contributed by atoms with Crippen LogP contribution in [0.3, 0.4) is 0 Å². The van der Waals surface area contributed by atoms with Crippen molar-refractivity contribution in [1.29, 1.82) is 0 Å². The Balaban J connectivity index is 2.24. The molecule has 2 saturated heterocycles. The highest BCUT2D eigenvalue weighted by Crippen LogP contribution is 2.51. The molecule has 0 amide bonds. The molecule has 9 nitrogen and oxygen atoms in total. The van der Waals surface area contributed by atoms with Crippen molar-refractivity contribution >= 4 is 9.84 Å². The van der Waals surface area contributed by atoms with Gasteiger partial charge in [-0.1, -0.05) is 0 Å². The molecular formula is C10H12N2O7S. The molecule has 0 bridgehead atoms. The van der Waals surface area contributed by atoms with Gasteiger partial charge < -0.3 is 14.6 Å². The van der Waals surface area contributed by atoms with Crippen LogP contribution in [0.25, 0.3) is 0 Å². The van der Waals surface area contributed by atoms with Gasteiger partial charge in [0.2, 0.25) is 0 Å². The monoisotopic (exact) mass is 304 g/mol. The predicted molar refractivity (Wildman–Crippen MR) is 64.8 cm³/mol. The Morgan fingerprint density at radius 3 is 2.70 bits per heavy atom. The molecule has 20 heavy (non-hydrogen) atoms. The summed E-state index contributed by atoms with van der Waals surface area (Å²) < 4.78 is 35.7. The maximum atomic E-state index is 12.2. The van der Waals surface area contributed by atoms with Gasteiger partial charge in [-0.15, -0.1) is 0 Å². The molecule has 2 aliphatic heterocycles. The Morgan fingerprint density at radius 2 is 2.20 bits per heavy atom. The number of aliphatic hydroxyl groups excluding tert-OH is 1. The maximum Gasteiger partial charge on any atom is 0.331 e. The Bertz CT molecular complexity index is 766. The lowest BCUT2D eigenvalue weighted by Gasteiger charge is -2.30. The van der Waals surface area contributed by atoms with Crippen LogP contribution in [0.1, 0.15) is 0 Å². The minimum atomic E-state index is -3.92. The number of rotatable bonds is 3. The lowest BCUT2D eigenvalue weighted by molar-refractivity contribution is -0.114. The van der Waals surface area contributed by atoms with Crippen molar-refractivity contribution in [2.24, 2.45) is 0 Å². The highest BCUT2D eigenvalue weighted by molar-refractivity contribution is 7.91. The van der Waals surface area contributed by atoms with Crippen LogP contribution in [-0.2, 0) is 24.4 Å². The van der Waals surface area contributed by atoms with E-state index in [1.54, 1.807) is 0 Å². The second kappa shape index (κ2) is 4.01. The minimum Gasteiger partial charge on any atom is -0.394 e. The zero-order chi connectivity index (χ0) is 14.7. The van der Waals surface area contributed by atoms with E-state index in [1.807, 2.05) is 4.98 Å². The van der Waals surface area contributed by atoms with Crippen molar-refractivity contribution in [2.45, 2.75) is 23.4 Å². The molecule has 2 N–H and O–H groups in total. The molecule has 0 unspecified atom stereocenters. The third kappa shape index (κ3) is 1.62. The number of nitrogens with zero attached hydrogens (tertiary/aromatic N) is 1. The van der Waals surface area contributed by atoms with Crippen molar-refractivity contribution in [1.82, 2.24) is 9.55 Å². The zero-order valence-electron chi connectivity index (χ0n) is 10.3. The van der Waals surface area contributed by atoms with Gasteiger partial charge in [-0.3, -0.25) is 14.3 Å². The first-order valence-corrected chi connectivity index (χ1v) is 7.66. The molecule has 1 aromatic rings. The van der Waals surface area contributed by atoms with Gasteiger partial charge in [0, 0.05) is 18.5 Å². The van der Waals surface area contributed by atoms with E-state index in [0.717, 1.165) is 23.1 Å². The number of aromatic amines is 1. The summed E-state index contributed by atoms with van der Waals surface area (Å²) in [4.78, 5) is 25.0. The first-order valence-electron chi connectivity index (χ1n) is 5.77. The number of H-pyrrole nitrogens is 1. The summed E-state index contributed by atoms with van der Waals surface area (Å²) >= 11 is 0. The van der Waals surface area contributed by atoms with E-state index in [2.05, 4.69) is 0 Å². The summed E-state index contributed by atoms with van der Waals surface area (Å²) in [5.41, 5.74) is -1.57. The summed E-state index contributed by atoms with van der Waals surface area (Å²) in [7, 11) is -3.92. The number of fused-ring (bicyclic) bond motifs is 1. The molecule has 0 spiro atoms. The predicted octanol–water partition coefficient (Wildman–Crippen LogP) is -2.65. The first-order chi connectivity index (χ1) is 9.31. The summed E-state index contributed by atoms with van der Waals surface area (Å²) in [5, 5.41) is 7.11. The number of nitrogens with one attached hydrogen (secondary N) is 1. The van der Waals surface area contributed by atoms with E-state index < -0.39 is 51.1 Å². The van der Waals surface area contributed by atoms with Crippen molar-refractivity contribution in [2.75, 3.05) is 12.9 Å². The quantitative estimate of drug-likeness (QED) is 0.583. The maximum absolute atomic E-state index is 12.2. The van der Waals surface area contributed by atoms with E-state index in [1.165, 1.54) is 0 Å². The van der Waals surface area contributed by atoms with Crippen LogP contribution in [0.2, 0.25) is 0 Å². The lowest BCUT2D eigenvalue weighted by Crippen LogP contribution is -2.53. The van der Waals surface area contributed by atoms with Crippen molar-refractivity contribution in [3.8, 4) is 0 Å². The Hall–Kier alpha value is -1.49. The molecule has 0 saturated carbocycles. The van der Waals surface area contributed by atoms with Gasteiger partial charge in [0.05, 0.1) is 6.61 Å². The van der Waals surface area contributed by atoms with E-state index >= 15 is 0 Å². The Kier molecular flexibility index (Phi) is 2.70. The molecule has 4 atom stereocenters. The van der Waals surface area contributed by atoms with E-state index in [0.29, 0.717) is 0 Å². The molecule has 3 heterocycles. The second-order valence-corrected chi connectivity index (χ2v) is 6.87. The van der Waals surface area contributed by atoms with Gasteiger partial charge in [0.1, 0.15) is 12.2 Å². The number of hydrogen-bond acceptors (Lipinski definition) is 7. The average molecular weight is 304 g/mol. The number of aliphatic hydroxyl groups is 1. The standard InChI is InChI=1S/C10H12N2O7S/c1-20(16,17)10(8-7(18-8)5(4-13)19-10)12-3-2-6(14)11-9(12)15/h2-3,5,7-8,13H,4H2,1H3,(H,11,14,15)/t5-,7-,8-,10+/m1/s1. The molecule has 0 aliphatic carbocycles. The smallest absolute Gasteiger partial charge is 0.331 e. The summed E-state index contributed by atoms with van der Waals surface area (Å²) in [6.45, 7) is -0.434.